The van der Waals surface area contributed by atoms with Crippen molar-refractivity contribution in [3.8, 4) is 5.75 Å². The van der Waals surface area contributed by atoms with Crippen LogP contribution >= 0.6 is 11.6 Å². The lowest BCUT2D eigenvalue weighted by atomic mass is 10.1. The fourth-order valence-electron chi connectivity index (χ4n) is 2.99. The number of methoxy groups -OCH3 is 1. The number of benzene rings is 2. The van der Waals surface area contributed by atoms with Crippen LogP contribution in [0.3, 0.4) is 0 Å². The second-order valence-electron chi connectivity index (χ2n) is 6.09. The van der Waals surface area contributed by atoms with Gasteiger partial charge in [-0.2, -0.15) is 0 Å². The highest BCUT2D eigenvalue weighted by Crippen LogP contribution is 2.28. The van der Waals surface area contributed by atoms with E-state index >= 15 is 0 Å². The molecule has 0 unspecified atom stereocenters. The van der Waals surface area contributed by atoms with E-state index in [2.05, 4.69) is 0 Å². The molecule has 1 fully saturated rings. The molecule has 2 atom stereocenters. The molecule has 1 aliphatic heterocycles. The van der Waals surface area contributed by atoms with Crippen LogP contribution < -0.4 is 9.64 Å². The topological polar surface area (TPSA) is 83.9 Å². The summed E-state index contributed by atoms with van der Waals surface area (Å²) in [5.74, 6) is -0.460. The summed E-state index contributed by atoms with van der Waals surface area (Å²) < 4.78 is 29.0. The van der Waals surface area contributed by atoms with Gasteiger partial charge in [0.1, 0.15) is 5.75 Å². The van der Waals surface area contributed by atoms with E-state index in [1.54, 1.807) is 48.5 Å². The predicted octanol–water partition coefficient (Wildman–Crippen LogP) is 2.15. The van der Waals surface area contributed by atoms with Crippen LogP contribution in [0.2, 0.25) is 5.02 Å². The van der Waals surface area contributed by atoms with Crippen molar-refractivity contribution in [1.82, 2.24) is 0 Å². The summed E-state index contributed by atoms with van der Waals surface area (Å²) >= 11 is 5.88. The lowest BCUT2D eigenvalue weighted by molar-refractivity contribution is 0.0945. The van der Waals surface area contributed by atoms with Crippen LogP contribution in [0, 0.1) is 0 Å². The summed E-state index contributed by atoms with van der Waals surface area (Å²) in [7, 11) is -1.90. The summed E-state index contributed by atoms with van der Waals surface area (Å²) in [5, 5.41) is 10.8. The molecular weight excluding hydrogens is 378 g/mol. The Morgan fingerprint density at radius 3 is 2.23 bits per heavy atom. The number of rotatable bonds is 4. The number of aliphatic hydroxyl groups is 1. The molecule has 1 aliphatic rings. The largest absolute Gasteiger partial charge is 0.497 e. The van der Waals surface area contributed by atoms with Crippen molar-refractivity contribution in [2.75, 3.05) is 23.5 Å². The van der Waals surface area contributed by atoms with E-state index in [4.69, 9.17) is 16.3 Å². The van der Waals surface area contributed by atoms with Gasteiger partial charge < -0.3 is 14.7 Å². The average Bonchev–Trinajstić information content (AvgIpc) is 2.88. The molecule has 1 N–H and O–H groups in total. The molecule has 0 bridgehead atoms. The van der Waals surface area contributed by atoms with Crippen LogP contribution in [0.5, 0.6) is 5.75 Å². The van der Waals surface area contributed by atoms with E-state index in [0.29, 0.717) is 22.0 Å². The fraction of sp³-hybridized carbons (Fsp3) is 0.278. The van der Waals surface area contributed by atoms with Crippen LogP contribution in [0.1, 0.15) is 10.4 Å². The zero-order valence-corrected chi connectivity index (χ0v) is 15.6. The molecule has 3 rings (SSSR count). The van der Waals surface area contributed by atoms with Crippen LogP contribution in [-0.2, 0) is 9.84 Å². The lowest BCUT2D eigenvalue weighted by Gasteiger charge is -2.30. The molecule has 0 radical (unpaired) electrons. The van der Waals surface area contributed by atoms with Gasteiger partial charge in [-0.3, -0.25) is 4.79 Å². The zero-order chi connectivity index (χ0) is 18.9. The minimum absolute atomic E-state index is 0.292. The van der Waals surface area contributed by atoms with E-state index in [1.807, 2.05) is 0 Å². The van der Waals surface area contributed by atoms with E-state index in [9.17, 15) is 18.3 Å². The Labute approximate surface area is 156 Å². The van der Waals surface area contributed by atoms with E-state index in [1.165, 1.54) is 12.0 Å². The van der Waals surface area contributed by atoms with Crippen molar-refractivity contribution in [2.45, 2.75) is 12.1 Å². The predicted molar refractivity (Wildman–Crippen MR) is 99.7 cm³/mol. The molecule has 8 heteroatoms. The van der Waals surface area contributed by atoms with Crippen molar-refractivity contribution >= 4 is 33.0 Å². The maximum atomic E-state index is 13.1. The number of nitrogens with zero attached hydrogens (tertiary/aromatic N) is 1. The number of aliphatic hydroxyl groups excluding tert-OH is 1. The first-order chi connectivity index (χ1) is 12.3. The highest BCUT2D eigenvalue weighted by atomic mass is 35.5. The summed E-state index contributed by atoms with van der Waals surface area (Å²) in [6.45, 7) is 0. The van der Waals surface area contributed by atoms with Gasteiger partial charge >= 0.3 is 0 Å². The SMILES string of the molecule is COc1ccc(N(C(=O)c2ccc(Cl)cc2)[C@H]2CS(=O)(=O)C[C@H]2O)cc1. The third kappa shape index (κ3) is 3.85. The molecular formula is C18H18ClNO5S. The molecule has 26 heavy (non-hydrogen) atoms. The van der Waals surface area contributed by atoms with Crippen LogP contribution in [0.25, 0.3) is 0 Å². The Morgan fingerprint density at radius 1 is 1.12 bits per heavy atom. The standard InChI is InChI=1S/C18H18ClNO5S/c1-25-15-8-6-14(7-9-15)20(16-10-26(23,24)11-17(16)21)18(22)12-2-4-13(19)5-3-12/h2-9,16-17,21H,10-11H2,1H3/t16-,17+/m0/s1. The summed E-state index contributed by atoms with van der Waals surface area (Å²) in [6.07, 6.45) is -1.15. The second-order valence-corrected chi connectivity index (χ2v) is 8.68. The summed E-state index contributed by atoms with van der Waals surface area (Å²) in [4.78, 5) is 14.4. The van der Waals surface area contributed by atoms with Gasteiger partial charge in [0.2, 0.25) is 0 Å². The third-order valence-electron chi connectivity index (χ3n) is 4.29. The third-order valence-corrected chi connectivity index (χ3v) is 6.24. The number of hydrogen-bond donors (Lipinski definition) is 1. The highest BCUT2D eigenvalue weighted by Gasteiger charge is 2.42. The molecule has 6 nitrogen and oxygen atoms in total. The van der Waals surface area contributed by atoms with Gasteiger partial charge in [-0.15, -0.1) is 0 Å². The number of ether oxygens (including phenoxy) is 1. The van der Waals surface area contributed by atoms with Gasteiger partial charge in [0.05, 0.1) is 30.8 Å². The molecule has 138 valence electrons. The van der Waals surface area contributed by atoms with E-state index < -0.39 is 27.9 Å². The zero-order valence-electron chi connectivity index (χ0n) is 14.0. The maximum Gasteiger partial charge on any atom is 0.258 e. The van der Waals surface area contributed by atoms with Crippen molar-refractivity contribution < 1.29 is 23.1 Å². The quantitative estimate of drug-likeness (QED) is 0.857. The smallest absolute Gasteiger partial charge is 0.258 e. The number of hydrogen-bond acceptors (Lipinski definition) is 5. The molecule has 2 aromatic rings. The number of carbonyl (C=O) groups is 1. The fourth-order valence-corrected chi connectivity index (χ4v) is 4.89. The van der Waals surface area contributed by atoms with Crippen LogP contribution in [-0.4, -0.2) is 50.2 Å². The summed E-state index contributed by atoms with van der Waals surface area (Å²) in [6, 6.07) is 12.1. The molecule has 0 aromatic heterocycles. The van der Waals surface area contributed by atoms with Gasteiger partial charge in [0.25, 0.3) is 5.91 Å². The van der Waals surface area contributed by atoms with E-state index in [0.717, 1.165) is 0 Å². The van der Waals surface area contributed by atoms with Gasteiger partial charge in [-0.25, -0.2) is 8.42 Å². The first-order valence-electron chi connectivity index (χ1n) is 7.92. The van der Waals surface area contributed by atoms with Crippen molar-refractivity contribution in [3.63, 3.8) is 0 Å². The Morgan fingerprint density at radius 2 is 1.73 bits per heavy atom. The highest BCUT2D eigenvalue weighted by molar-refractivity contribution is 7.91. The molecule has 1 heterocycles. The van der Waals surface area contributed by atoms with Crippen molar-refractivity contribution in [1.29, 1.82) is 0 Å². The lowest BCUT2D eigenvalue weighted by Crippen LogP contribution is -2.47. The van der Waals surface area contributed by atoms with Crippen LogP contribution in [0.4, 0.5) is 5.69 Å². The molecule has 1 amide bonds. The molecule has 2 aromatic carbocycles. The molecule has 1 saturated heterocycles. The van der Waals surface area contributed by atoms with Gasteiger partial charge in [-0.05, 0) is 48.5 Å². The average molecular weight is 396 g/mol. The Hall–Kier alpha value is -2.09. The van der Waals surface area contributed by atoms with Gasteiger partial charge in [-0.1, -0.05) is 11.6 Å². The number of sulfone groups is 1. The second kappa shape index (κ2) is 7.26. The Balaban J connectivity index is 2.03. The van der Waals surface area contributed by atoms with Crippen LogP contribution in [0.15, 0.2) is 48.5 Å². The number of anilines is 1. The number of carbonyl (C=O) groups excluding carboxylic acids is 1. The van der Waals surface area contributed by atoms with Crippen molar-refractivity contribution in [2.24, 2.45) is 0 Å². The molecule has 0 saturated carbocycles. The maximum absolute atomic E-state index is 13.1. The Kier molecular flexibility index (Phi) is 5.22. The monoisotopic (exact) mass is 395 g/mol. The first kappa shape index (κ1) is 18.7. The first-order valence-corrected chi connectivity index (χ1v) is 10.1. The normalized spacial score (nSPS) is 21.3. The Bertz CT molecular complexity index is 896. The van der Waals surface area contributed by atoms with Crippen molar-refractivity contribution in [3.05, 3.63) is 59.1 Å². The minimum Gasteiger partial charge on any atom is -0.497 e. The number of halogens is 1. The van der Waals surface area contributed by atoms with Gasteiger partial charge in [0.15, 0.2) is 9.84 Å². The van der Waals surface area contributed by atoms with E-state index in [-0.39, 0.29) is 11.5 Å². The summed E-state index contributed by atoms with van der Waals surface area (Å²) in [5.41, 5.74) is 0.827. The van der Waals surface area contributed by atoms with Gasteiger partial charge in [0, 0.05) is 16.3 Å². The number of amides is 1. The molecule has 0 aliphatic carbocycles. The minimum atomic E-state index is -3.42. The molecule has 0 spiro atoms.